The van der Waals surface area contributed by atoms with Gasteiger partial charge in [-0.25, -0.2) is 0 Å². The summed E-state index contributed by atoms with van der Waals surface area (Å²) in [5.74, 6) is 0. The van der Waals surface area contributed by atoms with Gasteiger partial charge in [0, 0.05) is 16.6 Å². The van der Waals surface area contributed by atoms with Crippen molar-refractivity contribution in [3.63, 3.8) is 0 Å². The summed E-state index contributed by atoms with van der Waals surface area (Å²) in [5.41, 5.74) is 2.75. The maximum atomic E-state index is 6.32. The molecular formula is C12H11Cl2N. The van der Waals surface area contributed by atoms with Crippen LogP contribution in [0.1, 0.15) is 23.6 Å². The molecule has 1 unspecified atom stereocenters. The third-order valence-electron chi connectivity index (χ3n) is 2.45. The van der Waals surface area contributed by atoms with E-state index < -0.39 is 0 Å². The summed E-state index contributed by atoms with van der Waals surface area (Å²) in [5, 5.41) is 1.57. The van der Waals surface area contributed by atoms with E-state index in [1.54, 1.807) is 0 Å². The number of hydrogen-bond donors (Lipinski definition) is 0. The third-order valence-corrected chi connectivity index (χ3v) is 3.08. The van der Waals surface area contributed by atoms with E-state index >= 15 is 0 Å². The molecule has 1 aromatic carbocycles. The van der Waals surface area contributed by atoms with E-state index in [4.69, 9.17) is 23.2 Å². The smallest absolute Gasteiger partial charge is 0.0720 e. The average molecular weight is 240 g/mol. The number of nitrogens with zero attached hydrogens (tertiary/aromatic N) is 1. The molecule has 3 heteroatoms. The molecule has 78 valence electrons. The number of benzene rings is 1. The molecule has 0 fully saturated rings. The zero-order valence-corrected chi connectivity index (χ0v) is 10.1. The van der Waals surface area contributed by atoms with Crippen molar-refractivity contribution in [2.45, 2.75) is 19.2 Å². The third kappa shape index (κ3) is 1.82. The number of halogens is 2. The highest BCUT2D eigenvalue weighted by Crippen LogP contribution is 2.34. The molecule has 15 heavy (non-hydrogen) atoms. The average Bonchev–Trinajstić information content (AvgIpc) is 2.17. The molecule has 0 saturated carbocycles. The normalized spacial score (nSPS) is 13.1. The van der Waals surface area contributed by atoms with Crippen molar-refractivity contribution in [1.29, 1.82) is 0 Å². The second-order valence-electron chi connectivity index (χ2n) is 3.56. The minimum Gasteiger partial charge on any atom is -0.253 e. The van der Waals surface area contributed by atoms with E-state index in [0.29, 0.717) is 0 Å². The Balaban J connectivity index is 2.84. The van der Waals surface area contributed by atoms with Crippen molar-refractivity contribution < 1.29 is 0 Å². The van der Waals surface area contributed by atoms with E-state index in [0.717, 1.165) is 27.2 Å². The van der Waals surface area contributed by atoms with Gasteiger partial charge in [0.15, 0.2) is 0 Å². The summed E-state index contributed by atoms with van der Waals surface area (Å²) >= 11 is 12.4. The van der Waals surface area contributed by atoms with Crippen LogP contribution in [0.2, 0.25) is 5.02 Å². The highest BCUT2D eigenvalue weighted by atomic mass is 35.5. The summed E-state index contributed by atoms with van der Waals surface area (Å²) in [4.78, 5) is 4.49. The van der Waals surface area contributed by atoms with E-state index in [2.05, 4.69) is 4.98 Å². The van der Waals surface area contributed by atoms with Crippen molar-refractivity contribution in [1.82, 2.24) is 4.98 Å². The van der Waals surface area contributed by atoms with Gasteiger partial charge in [-0.05, 0) is 19.9 Å². The lowest BCUT2D eigenvalue weighted by molar-refractivity contribution is 1.03. The molecule has 1 atom stereocenters. The summed E-state index contributed by atoms with van der Waals surface area (Å²) in [6, 6.07) is 7.83. The van der Waals surface area contributed by atoms with Gasteiger partial charge in [-0.3, -0.25) is 4.98 Å². The highest BCUT2D eigenvalue weighted by molar-refractivity contribution is 6.37. The molecule has 0 aliphatic rings. The Morgan fingerprint density at radius 1 is 1.27 bits per heavy atom. The van der Waals surface area contributed by atoms with Crippen LogP contribution >= 0.6 is 23.2 Å². The molecule has 0 aliphatic carbocycles. The maximum absolute atomic E-state index is 6.32. The van der Waals surface area contributed by atoms with Gasteiger partial charge in [-0.2, -0.15) is 0 Å². The first kappa shape index (κ1) is 10.7. The summed E-state index contributed by atoms with van der Waals surface area (Å²) in [6.07, 6.45) is 0. The summed E-state index contributed by atoms with van der Waals surface area (Å²) < 4.78 is 0. The first-order valence-electron chi connectivity index (χ1n) is 4.80. The Hall–Kier alpha value is -0.790. The Bertz CT molecular complexity index is 506. The fraction of sp³-hybridized carbons (Fsp3) is 0.250. The summed E-state index contributed by atoms with van der Waals surface area (Å²) in [7, 11) is 0. The van der Waals surface area contributed by atoms with Crippen LogP contribution in [-0.4, -0.2) is 4.98 Å². The van der Waals surface area contributed by atoms with Crippen LogP contribution < -0.4 is 0 Å². The molecule has 0 saturated heterocycles. The molecule has 2 aromatic rings. The minimum atomic E-state index is -0.116. The molecule has 1 nitrogen and oxygen atoms in total. The lowest BCUT2D eigenvalue weighted by atomic mass is 10.1. The van der Waals surface area contributed by atoms with E-state index in [1.807, 2.05) is 38.1 Å². The first-order chi connectivity index (χ1) is 7.11. The monoisotopic (exact) mass is 239 g/mol. The molecular weight excluding hydrogens is 229 g/mol. The zero-order chi connectivity index (χ0) is 11.0. The number of aromatic nitrogens is 1. The molecule has 0 aliphatic heterocycles. The van der Waals surface area contributed by atoms with Gasteiger partial charge in [0.1, 0.15) is 0 Å². The Morgan fingerprint density at radius 2 is 1.93 bits per heavy atom. The topological polar surface area (TPSA) is 12.9 Å². The van der Waals surface area contributed by atoms with Crippen molar-refractivity contribution in [2.75, 3.05) is 0 Å². The second-order valence-corrected chi connectivity index (χ2v) is 4.59. The van der Waals surface area contributed by atoms with Gasteiger partial charge < -0.3 is 0 Å². The predicted octanol–water partition coefficient (Wildman–Crippen LogP) is 4.50. The summed E-state index contributed by atoms with van der Waals surface area (Å²) in [6.45, 7) is 3.85. The number of alkyl halides is 1. The van der Waals surface area contributed by atoms with Gasteiger partial charge in [0.25, 0.3) is 0 Å². The van der Waals surface area contributed by atoms with Crippen molar-refractivity contribution in [3.8, 4) is 0 Å². The first-order valence-corrected chi connectivity index (χ1v) is 5.61. The zero-order valence-electron chi connectivity index (χ0n) is 8.59. The van der Waals surface area contributed by atoms with Gasteiger partial charge in [-0.1, -0.05) is 29.8 Å². The van der Waals surface area contributed by atoms with Crippen molar-refractivity contribution in [2.24, 2.45) is 0 Å². The lowest BCUT2D eigenvalue weighted by Gasteiger charge is -2.12. The highest BCUT2D eigenvalue weighted by Gasteiger charge is 2.14. The Kier molecular flexibility index (Phi) is 2.85. The van der Waals surface area contributed by atoms with Gasteiger partial charge in [0.2, 0.25) is 0 Å². The fourth-order valence-corrected chi connectivity index (χ4v) is 2.55. The molecule has 1 heterocycles. The second kappa shape index (κ2) is 3.99. The van der Waals surface area contributed by atoms with E-state index in [-0.39, 0.29) is 5.38 Å². The Morgan fingerprint density at radius 3 is 2.60 bits per heavy atom. The predicted molar refractivity (Wildman–Crippen MR) is 65.8 cm³/mol. The van der Waals surface area contributed by atoms with Crippen LogP contribution in [0.3, 0.4) is 0 Å². The Labute approximate surface area is 99.0 Å². The molecule has 2 rings (SSSR count). The quantitative estimate of drug-likeness (QED) is 0.669. The van der Waals surface area contributed by atoms with Crippen LogP contribution in [0.5, 0.6) is 0 Å². The van der Waals surface area contributed by atoms with Gasteiger partial charge >= 0.3 is 0 Å². The van der Waals surface area contributed by atoms with Gasteiger partial charge in [0.05, 0.1) is 15.9 Å². The lowest BCUT2D eigenvalue weighted by Crippen LogP contribution is -1.96. The standard InChI is InChI=1S/C12H11Cl2N/c1-7(13)11-8(2)15-10-6-4-3-5-9(10)12(11)14/h3-7H,1-2H3. The minimum absolute atomic E-state index is 0.116. The van der Waals surface area contributed by atoms with Crippen LogP contribution in [0.15, 0.2) is 24.3 Å². The van der Waals surface area contributed by atoms with Gasteiger partial charge in [-0.15, -0.1) is 11.6 Å². The molecule has 0 amide bonds. The van der Waals surface area contributed by atoms with Crippen LogP contribution in [0.4, 0.5) is 0 Å². The van der Waals surface area contributed by atoms with Crippen LogP contribution in [0.25, 0.3) is 10.9 Å². The van der Waals surface area contributed by atoms with Crippen molar-refractivity contribution in [3.05, 3.63) is 40.5 Å². The number of aryl methyl sites for hydroxylation is 1. The molecule has 0 N–H and O–H groups in total. The molecule has 0 bridgehead atoms. The van der Waals surface area contributed by atoms with Crippen LogP contribution in [0, 0.1) is 6.92 Å². The maximum Gasteiger partial charge on any atom is 0.0720 e. The number of rotatable bonds is 1. The fourth-order valence-electron chi connectivity index (χ4n) is 1.76. The number of hydrogen-bond acceptors (Lipinski definition) is 1. The van der Waals surface area contributed by atoms with E-state index in [1.165, 1.54) is 0 Å². The number of para-hydroxylation sites is 1. The van der Waals surface area contributed by atoms with Crippen molar-refractivity contribution >= 4 is 34.1 Å². The van der Waals surface area contributed by atoms with E-state index in [9.17, 15) is 0 Å². The number of pyridine rings is 1. The SMILES string of the molecule is Cc1nc2ccccc2c(Cl)c1C(C)Cl. The largest absolute Gasteiger partial charge is 0.253 e. The number of fused-ring (bicyclic) bond motifs is 1. The molecule has 0 radical (unpaired) electrons. The molecule has 1 aromatic heterocycles. The molecule has 0 spiro atoms. The van der Waals surface area contributed by atoms with Crippen LogP contribution in [-0.2, 0) is 0 Å².